The summed E-state index contributed by atoms with van der Waals surface area (Å²) >= 11 is 4.07. The lowest BCUT2D eigenvalue weighted by molar-refractivity contribution is -0.143. The minimum Gasteiger partial charge on any atom is -0.480 e. The molecule has 0 radical (unpaired) electrons. The van der Waals surface area contributed by atoms with Crippen LogP contribution >= 0.6 is 12.6 Å². The Kier molecular flexibility index (Phi) is 9.62. The zero-order valence-electron chi connectivity index (χ0n) is 16.5. The first kappa shape index (κ1) is 24.4. The van der Waals surface area contributed by atoms with E-state index in [1.54, 1.807) is 13.8 Å². The van der Waals surface area contributed by atoms with Crippen molar-refractivity contribution in [2.24, 2.45) is 11.7 Å². The molecule has 0 aliphatic heterocycles. The highest BCUT2D eigenvalue weighted by atomic mass is 32.1. The average Bonchev–Trinajstić information content (AvgIpc) is 3.15. The van der Waals surface area contributed by atoms with Crippen LogP contribution in [0.4, 0.5) is 0 Å². The third kappa shape index (κ3) is 7.74. The molecule has 4 atom stereocenters. The van der Waals surface area contributed by atoms with E-state index >= 15 is 0 Å². The Morgan fingerprint density at radius 2 is 1.69 bits per heavy atom. The SMILES string of the molecule is CC(N)C(=O)NC(Cc1cnc[nH]1)C(=O)NC(CS)C(=O)NC(C(=O)O)C(C)C. The molecular weight excluding hydrogens is 400 g/mol. The predicted octanol–water partition coefficient (Wildman–Crippen LogP) is -1.58. The smallest absolute Gasteiger partial charge is 0.326 e. The van der Waals surface area contributed by atoms with Gasteiger partial charge in [-0.05, 0) is 12.8 Å². The number of nitrogens with one attached hydrogen (secondary N) is 4. The van der Waals surface area contributed by atoms with Crippen molar-refractivity contribution in [2.75, 3.05) is 5.75 Å². The second-order valence-corrected chi connectivity index (χ2v) is 7.31. The van der Waals surface area contributed by atoms with Crippen LogP contribution < -0.4 is 21.7 Å². The number of thiol groups is 1. The van der Waals surface area contributed by atoms with Crippen molar-refractivity contribution < 1.29 is 24.3 Å². The van der Waals surface area contributed by atoms with Crippen LogP contribution in [0.2, 0.25) is 0 Å². The maximum absolute atomic E-state index is 12.7. The Morgan fingerprint density at radius 3 is 2.14 bits per heavy atom. The van der Waals surface area contributed by atoms with E-state index in [0.29, 0.717) is 5.69 Å². The van der Waals surface area contributed by atoms with Crippen molar-refractivity contribution >= 4 is 36.3 Å². The fourth-order valence-corrected chi connectivity index (χ4v) is 2.62. The van der Waals surface area contributed by atoms with Gasteiger partial charge in [0.25, 0.3) is 0 Å². The number of aliphatic carboxylic acids is 1. The Morgan fingerprint density at radius 1 is 1.10 bits per heavy atom. The van der Waals surface area contributed by atoms with Gasteiger partial charge in [0.15, 0.2) is 0 Å². The molecule has 1 rings (SSSR count). The highest BCUT2D eigenvalue weighted by Crippen LogP contribution is 2.04. The van der Waals surface area contributed by atoms with Crippen LogP contribution in [0.3, 0.4) is 0 Å². The monoisotopic (exact) mass is 428 g/mol. The molecule has 0 spiro atoms. The number of amides is 3. The predicted molar refractivity (Wildman–Crippen MR) is 108 cm³/mol. The van der Waals surface area contributed by atoms with E-state index in [4.69, 9.17) is 5.73 Å². The lowest BCUT2D eigenvalue weighted by Gasteiger charge is -2.24. The summed E-state index contributed by atoms with van der Waals surface area (Å²) in [6, 6.07) is -4.06. The van der Waals surface area contributed by atoms with Gasteiger partial charge in [0.2, 0.25) is 17.7 Å². The number of carboxylic acids is 1. The highest BCUT2D eigenvalue weighted by Gasteiger charge is 2.30. The fourth-order valence-electron chi connectivity index (χ4n) is 2.36. The molecule has 0 saturated heterocycles. The fraction of sp³-hybridized carbons (Fsp3) is 0.588. The van der Waals surface area contributed by atoms with Gasteiger partial charge in [0.05, 0.1) is 12.4 Å². The van der Waals surface area contributed by atoms with E-state index in [-0.39, 0.29) is 18.1 Å². The molecule has 1 aromatic rings. The normalized spacial score (nSPS) is 15.1. The first-order valence-electron chi connectivity index (χ1n) is 9.04. The van der Waals surface area contributed by atoms with E-state index in [1.807, 2.05) is 0 Å². The first-order chi connectivity index (χ1) is 13.6. The van der Waals surface area contributed by atoms with Gasteiger partial charge >= 0.3 is 5.97 Å². The number of H-pyrrole nitrogens is 1. The van der Waals surface area contributed by atoms with Gasteiger partial charge in [0.1, 0.15) is 18.1 Å². The molecule has 0 aromatic carbocycles. The molecule has 0 aliphatic rings. The summed E-state index contributed by atoms with van der Waals surface area (Å²) in [7, 11) is 0. The standard InChI is InChI=1S/C17H28N6O5S/c1-8(2)13(17(27)28)23-16(26)12(6-29)22-15(25)11(21-14(24)9(3)18)4-10-5-19-7-20-10/h5,7-9,11-13,29H,4,6,18H2,1-3H3,(H,19,20)(H,21,24)(H,22,25)(H,23,26)(H,27,28). The second kappa shape index (κ2) is 11.4. The summed E-state index contributed by atoms with van der Waals surface area (Å²) in [6.07, 6.45) is 3.02. The van der Waals surface area contributed by atoms with E-state index in [0.717, 1.165) is 0 Å². The summed E-state index contributed by atoms with van der Waals surface area (Å²) in [4.78, 5) is 55.1. The molecule has 3 amide bonds. The van der Waals surface area contributed by atoms with Crippen LogP contribution in [0, 0.1) is 5.92 Å². The van der Waals surface area contributed by atoms with Gasteiger partial charge in [-0.2, -0.15) is 12.6 Å². The Bertz CT molecular complexity index is 709. The summed E-state index contributed by atoms with van der Waals surface area (Å²) in [6.45, 7) is 4.77. The molecule has 0 bridgehead atoms. The first-order valence-corrected chi connectivity index (χ1v) is 9.67. The molecule has 11 nitrogen and oxygen atoms in total. The van der Waals surface area contributed by atoms with Gasteiger partial charge < -0.3 is 31.8 Å². The molecule has 0 saturated carbocycles. The van der Waals surface area contributed by atoms with E-state index in [9.17, 15) is 24.3 Å². The van der Waals surface area contributed by atoms with E-state index in [2.05, 4.69) is 38.5 Å². The maximum atomic E-state index is 12.7. The molecule has 12 heteroatoms. The number of hydrogen-bond acceptors (Lipinski definition) is 7. The number of nitrogens with two attached hydrogens (primary N) is 1. The van der Waals surface area contributed by atoms with Gasteiger partial charge in [-0.15, -0.1) is 0 Å². The summed E-state index contributed by atoms with van der Waals surface area (Å²) in [5, 5.41) is 16.6. The number of carbonyl (C=O) groups excluding carboxylic acids is 3. The minimum absolute atomic E-state index is 0.0694. The molecule has 4 unspecified atom stereocenters. The Hall–Kier alpha value is -2.60. The van der Waals surface area contributed by atoms with Crippen LogP contribution in [0.1, 0.15) is 26.5 Å². The van der Waals surface area contributed by atoms with Gasteiger partial charge in [-0.3, -0.25) is 14.4 Å². The average molecular weight is 429 g/mol. The maximum Gasteiger partial charge on any atom is 0.326 e. The number of aromatic amines is 1. The molecule has 1 heterocycles. The van der Waals surface area contributed by atoms with Crippen LogP contribution in [0.15, 0.2) is 12.5 Å². The number of imidazole rings is 1. The lowest BCUT2D eigenvalue weighted by Crippen LogP contribution is -2.58. The molecule has 7 N–H and O–H groups in total. The van der Waals surface area contributed by atoms with Crippen LogP contribution in [-0.4, -0.2) is 68.7 Å². The van der Waals surface area contributed by atoms with Crippen molar-refractivity contribution in [3.63, 3.8) is 0 Å². The van der Waals surface area contributed by atoms with Gasteiger partial charge in [0, 0.05) is 24.1 Å². The highest BCUT2D eigenvalue weighted by molar-refractivity contribution is 7.80. The van der Waals surface area contributed by atoms with Crippen molar-refractivity contribution in [3.05, 3.63) is 18.2 Å². The summed E-state index contributed by atoms with van der Waals surface area (Å²) < 4.78 is 0. The molecule has 162 valence electrons. The summed E-state index contributed by atoms with van der Waals surface area (Å²) in [5.41, 5.74) is 6.14. The van der Waals surface area contributed by atoms with Gasteiger partial charge in [-0.1, -0.05) is 13.8 Å². The summed E-state index contributed by atoms with van der Waals surface area (Å²) in [5.74, 6) is -3.47. The number of nitrogens with zero attached hydrogens (tertiary/aromatic N) is 1. The topological polar surface area (TPSA) is 179 Å². The Labute approximate surface area is 174 Å². The second-order valence-electron chi connectivity index (χ2n) is 6.94. The van der Waals surface area contributed by atoms with Crippen molar-refractivity contribution in [1.82, 2.24) is 25.9 Å². The molecule has 29 heavy (non-hydrogen) atoms. The zero-order chi connectivity index (χ0) is 22.1. The van der Waals surface area contributed by atoms with E-state index < -0.39 is 47.9 Å². The quantitative estimate of drug-likeness (QED) is 0.208. The molecular formula is C17H28N6O5S. The van der Waals surface area contributed by atoms with E-state index in [1.165, 1.54) is 19.4 Å². The molecule has 0 aliphatic carbocycles. The number of aromatic nitrogens is 2. The number of hydrogen-bond donors (Lipinski definition) is 7. The largest absolute Gasteiger partial charge is 0.480 e. The van der Waals surface area contributed by atoms with Crippen molar-refractivity contribution in [2.45, 2.75) is 51.4 Å². The van der Waals surface area contributed by atoms with Crippen LogP contribution in [0.25, 0.3) is 0 Å². The third-order valence-corrected chi connectivity index (χ3v) is 4.44. The Balaban J connectivity index is 2.89. The molecule has 1 aromatic heterocycles. The third-order valence-electron chi connectivity index (χ3n) is 4.07. The van der Waals surface area contributed by atoms with Crippen LogP contribution in [-0.2, 0) is 25.6 Å². The van der Waals surface area contributed by atoms with Crippen molar-refractivity contribution in [1.29, 1.82) is 0 Å². The van der Waals surface area contributed by atoms with Crippen molar-refractivity contribution in [3.8, 4) is 0 Å². The zero-order valence-corrected chi connectivity index (χ0v) is 17.4. The number of rotatable bonds is 11. The number of carboxylic acid groups (broad SMARTS) is 1. The van der Waals surface area contributed by atoms with Crippen LogP contribution in [0.5, 0.6) is 0 Å². The lowest BCUT2D eigenvalue weighted by atomic mass is 10.0. The molecule has 0 fully saturated rings. The number of carbonyl (C=O) groups is 4. The van der Waals surface area contributed by atoms with Gasteiger partial charge in [-0.25, -0.2) is 9.78 Å². The minimum atomic E-state index is -1.18.